The van der Waals surface area contributed by atoms with Gasteiger partial charge in [-0.15, -0.1) is 24.0 Å². The molecule has 0 radical (unpaired) electrons. The van der Waals surface area contributed by atoms with Crippen LogP contribution in [0.5, 0.6) is 5.75 Å². The third kappa shape index (κ3) is 12.7. The number of benzene rings is 1. The third-order valence-electron chi connectivity index (χ3n) is 3.31. The van der Waals surface area contributed by atoms with Crippen LogP contribution < -0.4 is 15.4 Å². The van der Waals surface area contributed by atoms with Gasteiger partial charge in [-0.25, -0.2) is 8.42 Å². The SMILES string of the molecule is CN=C(NCc1ccc(OCC(F)(F)F)cc1)NC(C)CCS(C)(=O)=O.I. The van der Waals surface area contributed by atoms with E-state index in [0.717, 1.165) is 5.56 Å². The quantitative estimate of drug-likeness (QED) is 0.311. The molecule has 0 spiro atoms. The minimum atomic E-state index is -4.37. The minimum absolute atomic E-state index is 0. The molecular formula is C16H25F3IN3O3S. The fourth-order valence-corrected chi connectivity index (χ4v) is 2.73. The first-order valence-corrected chi connectivity index (χ1v) is 9.98. The molecule has 0 fully saturated rings. The fourth-order valence-electron chi connectivity index (χ4n) is 1.95. The summed E-state index contributed by atoms with van der Waals surface area (Å²) < 4.78 is 63.3. The van der Waals surface area contributed by atoms with Gasteiger partial charge in [-0.05, 0) is 31.0 Å². The van der Waals surface area contributed by atoms with Crippen molar-refractivity contribution in [3.8, 4) is 5.75 Å². The number of halogens is 4. The Morgan fingerprint density at radius 3 is 2.33 bits per heavy atom. The molecule has 1 aromatic carbocycles. The first-order valence-electron chi connectivity index (χ1n) is 7.92. The predicted octanol–water partition coefficient (Wildman–Crippen LogP) is 2.73. The van der Waals surface area contributed by atoms with Crippen LogP contribution in [0.15, 0.2) is 29.3 Å². The van der Waals surface area contributed by atoms with Crippen LogP contribution in [-0.4, -0.2) is 52.3 Å². The van der Waals surface area contributed by atoms with Crippen LogP contribution >= 0.6 is 24.0 Å². The van der Waals surface area contributed by atoms with Crippen LogP contribution in [0.3, 0.4) is 0 Å². The highest BCUT2D eigenvalue weighted by Crippen LogP contribution is 2.18. The maximum atomic E-state index is 12.1. The van der Waals surface area contributed by atoms with E-state index >= 15 is 0 Å². The van der Waals surface area contributed by atoms with Crippen LogP contribution in [0.4, 0.5) is 13.2 Å². The fraction of sp³-hybridized carbons (Fsp3) is 0.562. The Morgan fingerprint density at radius 1 is 1.26 bits per heavy atom. The third-order valence-corrected chi connectivity index (χ3v) is 4.29. The van der Waals surface area contributed by atoms with Crippen LogP contribution in [0.2, 0.25) is 0 Å². The summed E-state index contributed by atoms with van der Waals surface area (Å²) >= 11 is 0. The van der Waals surface area contributed by atoms with E-state index in [0.29, 0.717) is 18.9 Å². The van der Waals surface area contributed by atoms with E-state index in [-0.39, 0.29) is 41.5 Å². The Morgan fingerprint density at radius 2 is 1.85 bits per heavy atom. The number of nitrogens with one attached hydrogen (secondary N) is 2. The van der Waals surface area contributed by atoms with Crippen molar-refractivity contribution < 1.29 is 26.3 Å². The van der Waals surface area contributed by atoms with Gasteiger partial charge >= 0.3 is 6.18 Å². The molecule has 0 aliphatic carbocycles. The van der Waals surface area contributed by atoms with E-state index in [1.807, 2.05) is 6.92 Å². The number of sulfone groups is 1. The molecule has 0 amide bonds. The van der Waals surface area contributed by atoms with Crippen molar-refractivity contribution in [3.63, 3.8) is 0 Å². The topological polar surface area (TPSA) is 79.8 Å². The largest absolute Gasteiger partial charge is 0.484 e. The molecule has 0 bridgehead atoms. The number of ether oxygens (including phenoxy) is 1. The summed E-state index contributed by atoms with van der Waals surface area (Å²) in [5.74, 6) is 0.726. The van der Waals surface area contributed by atoms with Gasteiger partial charge in [0.25, 0.3) is 0 Å². The number of guanidine groups is 1. The summed E-state index contributed by atoms with van der Waals surface area (Å²) in [7, 11) is -1.43. The van der Waals surface area contributed by atoms with Crippen molar-refractivity contribution in [3.05, 3.63) is 29.8 Å². The van der Waals surface area contributed by atoms with Crippen molar-refractivity contribution in [1.82, 2.24) is 10.6 Å². The first-order chi connectivity index (χ1) is 12.0. The lowest BCUT2D eigenvalue weighted by Crippen LogP contribution is -2.42. The highest BCUT2D eigenvalue weighted by molar-refractivity contribution is 14.0. The molecule has 0 aromatic heterocycles. The lowest BCUT2D eigenvalue weighted by molar-refractivity contribution is -0.153. The highest BCUT2D eigenvalue weighted by atomic mass is 127. The average Bonchev–Trinajstić information content (AvgIpc) is 2.54. The zero-order chi connectivity index (χ0) is 19.8. The molecule has 6 nitrogen and oxygen atoms in total. The van der Waals surface area contributed by atoms with Crippen molar-refractivity contribution in [2.75, 3.05) is 25.7 Å². The highest BCUT2D eigenvalue weighted by Gasteiger charge is 2.28. The second kappa shape index (κ2) is 11.6. The first kappa shape index (κ1) is 25.8. The average molecular weight is 523 g/mol. The number of alkyl halides is 3. The second-order valence-corrected chi connectivity index (χ2v) is 8.20. The molecule has 0 saturated heterocycles. The predicted molar refractivity (Wildman–Crippen MR) is 111 cm³/mol. The smallest absolute Gasteiger partial charge is 0.422 e. The number of aliphatic imine (C=N–C) groups is 1. The van der Waals surface area contributed by atoms with Gasteiger partial charge in [-0.1, -0.05) is 12.1 Å². The van der Waals surface area contributed by atoms with Crippen LogP contribution in [0.25, 0.3) is 0 Å². The van der Waals surface area contributed by atoms with Gasteiger partial charge in [0.05, 0.1) is 5.75 Å². The number of rotatable bonds is 8. The van der Waals surface area contributed by atoms with Crippen molar-refractivity contribution in [1.29, 1.82) is 0 Å². The lowest BCUT2D eigenvalue weighted by Gasteiger charge is -2.17. The zero-order valence-corrected chi connectivity index (χ0v) is 18.5. The molecule has 156 valence electrons. The maximum absolute atomic E-state index is 12.1. The Balaban J connectivity index is 0.00000676. The van der Waals surface area contributed by atoms with E-state index in [2.05, 4.69) is 20.4 Å². The molecule has 0 heterocycles. The van der Waals surface area contributed by atoms with Gasteiger partial charge in [-0.2, -0.15) is 13.2 Å². The monoisotopic (exact) mass is 523 g/mol. The van der Waals surface area contributed by atoms with Crippen molar-refractivity contribution in [2.45, 2.75) is 32.1 Å². The summed E-state index contributed by atoms with van der Waals surface area (Å²) in [6.45, 7) is 0.926. The molecule has 0 aliphatic heterocycles. The number of hydrogen-bond donors (Lipinski definition) is 2. The Bertz CT molecular complexity index is 695. The van der Waals surface area contributed by atoms with Crippen LogP contribution in [0, 0.1) is 0 Å². The van der Waals surface area contributed by atoms with Crippen LogP contribution in [0.1, 0.15) is 18.9 Å². The number of hydrogen-bond acceptors (Lipinski definition) is 4. The van der Waals surface area contributed by atoms with E-state index in [1.165, 1.54) is 18.4 Å². The Kier molecular flexibility index (Phi) is 11.0. The lowest BCUT2D eigenvalue weighted by atomic mass is 10.2. The molecule has 1 atom stereocenters. The molecule has 1 aromatic rings. The normalized spacial score (nSPS) is 13.5. The van der Waals surface area contributed by atoms with Gasteiger partial charge in [-0.3, -0.25) is 4.99 Å². The Hall–Kier alpha value is -1.24. The van der Waals surface area contributed by atoms with Gasteiger partial charge in [0, 0.05) is 25.9 Å². The summed E-state index contributed by atoms with van der Waals surface area (Å²) in [5, 5.41) is 6.14. The van der Waals surface area contributed by atoms with Gasteiger partial charge in [0.15, 0.2) is 12.6 Å². The van der Waals surface area contributed by atoms with Gasteiger partial charge in [0.2, 0.25) is 0 Å². The van der Waals surface area contributed by atoms with Crippen molar-refractivity contribution in [2.24, 2.45) is 4.99 Å². The summed E-state index contributed by atoms with van der Waals surface area (Å²) in [6, 6.07) is 6.15. The molecule has 0 saturated carbocycles. The van der Waals surface area contributed by atoms with E-state index < -0.39 is 22.6 Å². The summed E-state index contributed by atoms with van der Waals surface area (Å²) in [6.07, 6.45) is -2.73. The molecule has 0 aliphatic rings. The molecule has 11 heteroatoms. The van der Waals surface area contributed by atoms with Gasteiger partial charge in [0.1, 0.15) is 15.6 Å². The maximum Gasteiger partial charge on any atom is 0.422 e. The molecule has 2 N–H and O–H groups in total. The van der Waals surface area contributed by atoms with Gasteiger partial charge < -0.3 is 15.4 Å². The molecular weight excluding hydrogens is 498 g/mol. The summed E-state index contributed by atoms with van der Waals surface area (Å²) in [5.41, 5.74) is 0.830. The summed E-state index contributed by atoms with van der Waals surface area (Å²) in [4.78, 5) is 4.06. The molecule has 1 unspecified atom stereocenters. The second-order valence-electron chi connectivity index (χ2n) is 5.94. The minimum Gasteiger partial charge on any atom is -0.484 e. The number of nitrogens with zero attached hydrogens (tertiary/aromatic N) is 1. The van der Waals surface area contributed by atoms with E-state index in [9.17, 15) is 21.6 Å². The standard InChI is InChI=1S/C16H24F3N3O3S.HI/c1-12(8-9-26(3,23)24)22-15(20-2)21-10-13-4-6-14(7-5-13)25-11-16(17,18)19;/h4-7,12H,8-11H2,1-3H3,(H2,20,21,22);1H. The van der Waals surface area contributed by atoms with E-state index in [1.54, 1.807) is 19.2 Å². The Labute approximate surface area is 174 Å². The molecule has 1 rings (SSSR count). The molecule has 27 heavy (non-hydrogen) atoms. The van der Waals surface area contributed by atoms with Crippen molar-refractivity contribution >= 4 is 39.8 Å². The zero-order valence-electron chi connectivity index (χ0n) is 15.3. The van der Waals surface area contributed by atoms with Crippen LogP contribution in [-0.2, 0) is 16.4 Å². The van der Waals surface area contributed by atoms with E-state index in [4.69, 9.17) is 0 Å².